The number of hydrogen-bond acceptors (Lipinski definition) is 4. The largest absolute Gasteiger partial charge is 0.378 e. The van der Waals surface area contributed by atoms with Gasteiger partial charge in [0.05, 0.1) is 23.5 Å². The number of fused-ring (bicyclic) bond motifs is 1. The van der Waals surface area contributed by atoms with E-state index in [9.17, 15) is 0 Å². The summed E-state index contributed by atoms with van der Waals surface area (Å²) in [5.41, 5.74) is 6.55. The predicted octanol–water partition coefficient (Wildman–Crippen LogP) is 1.98. The fourth-order valence-corrected chi connectivity index (χ4v) is 1.74. The molecule has 84 valence electrons. The van der Waals surface area contributed by atoms with Gasteiger partial charge in [0, 0.05) is 12.5 Å². The van der Waals surface area contributed by atoms with Gasteiger partial charge < -0.3 is 10.2 Å². The first kappa shape index (κ1) is 10.9. The Morgan fingerprint density at radius 1 is 1.38 bits per heavy atom. The molecular weight excluding hydrogens is 202 g/mol. The predicted molar refractivity (Wildman–Crippen MR) is 65.0 cm³/mol. The molecule has 4 nitrogen and oxygen atoms in total. The molecule has 0 atom stereocenters. The molecule has 16 heavy (non-hydrogen) atoms. The molecule has 0 saturated heterocycles. The Kier molecular flexibility index (Phi) is 3.03. The lowest BCUT2D eigenvalue weighted by atomic mass is 10.1. The second-order valence-corrected chi connectivity index (χ2v) is 3.76. The smallest absolute Gasteiger partial charge is 0.0885 e. The minimum Gasteiger partial charge on any atom is -0.378 e. The van der Waals surface area contributed by atoms with Crippen LogP contribution in [0.15, 0.2) is 24.3 Å². The van der Waals surface area contributed by atoms with Gasteiger partial charge in [-0.2, -0.15) is 0 Å². The lowest BCUT2D eigenvalue weighted by molar-refractivity contribution is 0.182. The van der Waals surface area contributed by atoms with Gasteiger partial charge in [0.25, 0.3) is 0 Å². The molecule has 0 aliphatic rings. The summed E-state index contributed by atoms with van der Waals surface area (Å²) in [7, 11) is 1.65. The number of nitrogens with zero attached hydrogens (tertiary/aromatic N) is 1. The molecule has 0 unspecified atom stereocenters. The molecule has 4 heteroatoms. The van der Waals surface area contributed by atoms with Crippen molar-refractivity contribution in [3.05, 3.63) is 35.5 Å². The number of aryl methyl sites for hydroxylation is 1. The van der Waals surface area contributed by atoms with Gasteiger partial charge in [-0.25, -0.2) is 0 Å². The van der Waals surface area contributed by atoms with Crippen molar-refractivity contribution in [2.45, 2.75) is 13.5 Å². The fourth-order valence-electron chi connectivity index (χ4n) is 1.74. The van der Waals surface area contributed by atoms with E-state index in [2.05, 4.69) is 16.5 Å². The Hall–Kier alpha value is -1.65. The van der Waals surface area contributed by atoms with Crippen molar-refractivity contribution in [1.82, 2.24) is 4.98 Å². The molecule has 1 aromatic carbocycles. The number of pyridine rings is 1. The number of nitrogen functional groups attached to an aromatic ring is 1. The number of ether oxygens (including phenoxy) is 1. The molecule has 0 radical (unpaired) electrons. The third-order valence-electron chi connectivity index (χ3n) is 2.46. The zero-order valence-corrected chi connectivity index (χ0v) is 9.45. The van der Waals surface area contributed by atoms with Crippen molar-refractivity contribution in [2.24, 2.45) is 5.84 Å². The topological polar surface area (TPSA) is 60.2 Å². The van der Waals surface area contributed by atoms with E-state index in [1.165, 1.54) is 5.56 Å². The number of hydrazine groups is 1. The second kappa shape index (κ2) is 4.47. The SMILES string of the molecule is COCc1cc(NN)c2cc(C)ccc2n1. The van der Waals surface area contributed by atoms with Gasteiger partial charge in [-0.3, -0.25) is 10.8 Å². The van der Waals surface area contributed by atoms with Gasteiger partial charge in [0.15, 0.2) is 0 Å². The van der Waals surface area contributed by atoms with Gasteiger partial charge >= 0.3 is 0 Å². The van der Waals surface area contributed by atoms with E-state index in [0.717, 1.165) is 22.3 Å². The van der Waals surface area contributed by atoms with Gasteiger partial charge in [-0.15, -0.1) is 0 Å². The number of anilines is 1. The minimum absolute atomic E-state index is 0.485. The first-order chi connectivity index (χ1) is 7.74. The normalized spacial score (nSPS) is 10.7. The monoisotopic (exact) mass is 217 g/mol. The van der Waals surface area contributed by atoms with Crippen LogP contribution in [-0.2, 0) is 11.3 Å². The van der Waals surface area contributed by atoms with E-state index in [0.29, 0.717) is 6.61 Å². The van der Waals surface area contributed by atoms with Crippen molar-refractivity contribution >= 4 is 16.6 Å². The van der Waals surface area contributed by atoms with Gasteiger partial charge in [-0.05, 0) is 25.1 Å². The van der Waals surface area contributed by atoms with Crippen LogP contribution in [0.4, 0.5) is 5.69 Å². The summed E-state index contributed by atoms with van der Waals surface area (Å²) in [6, 6.07) is 8.00. The number of methoxy groups -OCH3 is 1. The number of nitrogens with one attached hydrogen (secondary N) is 1. The zero-order chi connectivity index (χ0) is 11.5. The summed E-state index contributed by atoms with van der Waals surface area (Å²) >= 11 is 0. The zero-order valence-electron chi connectivity index (χ0n) is 9.45. The Morgan fingerprint density at radius 2 is 2.19 bits per heavy atom. The summed E-state index contributed by atoms with van der Waals surface area (Å²) < 4.78 is 5.07. The maximum absolute atomic E-state index is 5.51. The summed E-state index contributed by atoms with van der Waals surface area (Å²) in [5.74, 6) is 5.51. The lowest BCUT2D eigenvalue weighted by Gasteiger charge is -2.09. The van der Waals surface area contributed by atoms with Gasteiger partial charge in [-0.1, -0.05) is 11.6 Å². The highest BCUT2D eigenvalue weighted by molar-refractivity contribution is 5.91. The number of rotatable bonds is 3. The summed E-state index contributed by atoms with van der Waals surface area (Å²) in [6.07, 6.45) is 0. The summed E-state index contributed by atoms with van der Waals surface area (Å²) in [4.78, 5) is 4.49. The Labute approximate surface area is 94.4 Å². The van der Waals surface area contributed by atoms with E-state index in [1.807, 2.05) is 25.1 Å². The van der Waals surface area contributed by atoms with Crippen molar-refractivity contribution < 1.29 is 4.74 Å². The van der Waals surface area contributed by atoms with Crippen LogP contribution < -0.4 is 11.3 Å². The van der Waals surface area contributed by atoms with Crippen LogP contribution in [0.3, 0.4) is 0 Å². The van der Waals surface area contributed by atoms with Crippen molar-refractivity contribution in [2.75, 3.05) is 12.5 Å². The molecule has 1 aromatic heterocycles. The van der Waals surface area contributed by atoms with E-state index < -0.39 is 0 Å². The quantitative estimate of drug-likeness (QED) is 0.609. The molecule has 0 fully saturated rings. The molecule has 0 aliphatic carbocycles. The number of nitrogens with two attached hydrogens (primary N) is 1. The van der Waals surface area contributed by atoms with Crippen LogP contribution in [0, 0.1) is 6.92 Å². The van der Waals surface area contributed by atoms with E-state index in [-0.39, 0.29) is 0 Å². The van der Waals surface area contributed by atoms with E-state index in [1.54, 1.807) is 7.11 Å². The highest BCUT2D eigenvalue weighted by Gasteiger charge is 2.05. The highest BCUT2D eigenvalue weighted by Crippen LogP contribution is 2.23. The Bertz CT molecular complexity index is 511. The molecule has 2 rings (SSSR count). The molecule has 0 amide bonds. The molecule has 0 bridgehead atoms. The molecule has 0 saturated carbocycles. The molecule has 2 aromatic rings. The molecule has 3 N–H and O–H groups in total. The van der Waals surface area contributed by atoms with E-state index in [4.69, 9.17) is 10.6 Å². The standard InChI is InChI=1S/C12H15N3O/c1-8-3-4-11-10(5-8)12(15-13)6-9(14-11)7-16-2/h3-6H,7,13H2,1-2H3,(H,14,15). The van der Waals surface area contributed by atoms with E-state index >= 15 is 0 Å². The minimum atomic E-state index is 0.485. The maximum Gasteiger partial charge on any atom is 0.0885 e. The maximum atomic E-state index is 5.51. The summed E-state index contributed by atoms with van der Waals surface area (Å²) in [6.45, 7) is 2.53. The number of aromatic nitrogens is 1. The Balaban J connectivity index is 2.63. The molecule has 1 heterocycles. The fraction of sp³-hybridized carbons (Fsp3) is 0.250. The number of benzene rings is 1. The average Bonchev–Trinajstić information content (AvgIpc) is 2.29. The summed E-state index contributed by atoms with van der Waals surface area (Å²) in [5, 5.41) is 1.03. The number of hydrogen-bond donors (Lipinski definition) is 2. The van der Waals surface area contributed by atoms with Crippen LogP contribution in [-0.4, -0.2) is 12.1 Å². The van der Waals surface area contributed by atoms with Gasteiger partial charge in [0.1, 0.15) is 0 Å². The third kappa shape index (κ3) is 1.98. The third-order valence-corrected chi connectivity index (χ3v) is 2.46. The Morgan fingerprint density at radius 3 is 2.88 bits per heavy atom. The van der Waals surface area contributed by atoms with Gasteiger partial charge in [0.2, 0.25) is 0 Å². The lowest BCUT2D eigenvalue weighted by Crippen LogP contribution is -2.08. The molecular formula is C12H15N3O. The second-order valence-electron chi connectivity index (χ2n) is 3.76. The van der Waals surface area contributed by atoms with Crippen molar-refractivity contribution in [3.8, 4) is 0 Å². The van der Waals surface area contributed by atoms with Crippen LogP contribution in [0.1, 0.15) is 11.3 Å². The van der Waals surface area contributed by atoms with Crippen LogP contribution in [0.5, 0.6) is 0 Å². The first-order valence-corrected chi connectivity index (χ1v) is 5.10. The average molecular weight is 217 g/mol. The molecule has 0 aliphatic heterocycles. The highest BCUT2D eigenvalue weighted by atomic mass is 16.5. The van der Waals surface area contributed by atoms with Crippen molar-refractivity contribution in [3.63, 3.8) is 0 Å². The van der Waals surface area contributed by atoms with Crippen LogP contribution in [0.25, 0.3) is 10.9 Å². The van der Waals surface area contributed by atoms with Crippen LogP contribution in [0.2, 0.25) is 0 Å². The first-order valence-electron chi connectivity index (χ1n) is 5.10. The van der Waals surface area contributed by atoms with Crippen LogP contribution >= 0.6 is 0 Å². The van der Waals surface area contributed by atoms with Crippen molar-refractivity contribution in [1.29, 1.82) is 0 Å². The molecule has 0 spiro atoms.